The Morgan fingerprint density at radius 1 is 1.21 bits per heavy atom. The number of fused-ring (bicyclic) bond motifs is 1. The number of hydrogen-bond donors (Lipinski definition) is 1. The van der Waals surface area contributed by atoms with Crippen LogP contribution in [-0.4, -0.2) is 12.1 Å². The second-order valence-corrected chi connectivity index (χ2v) is 4.56. The minimum Gasteiger partial charge on any atom is -0.497 e. The number of nitrogens with zero attached hydrogens (tertiary/aromatic N) is 1. The lowest BCUT2D eigenvalue weighted by Crippen LogP contribution is -1.86. The number of anilines is 1. The third-order valence-electron chi connectivity index (χ3n) is 2.76. The van der Waals surface area contributed by atoms with Crippen molar-refractivity contribution < 1.29 is 9.15 Å². The van der Waals surface area contributed by atoms with Gasteiger partial charge in [-0.05, 0) is 30.3 Å². The summed E-state index contributed by atoms with van der Waals surface area (Å²) in [6.45, 7) is 0. The smallest absolute Gasteiger partial charge is 0.227 e. The highest BCUT2D eigenvalue weighted by atomic mass is 35.5. The first-order chi connectivity index (χ1) is 9.15. The molecule has 2 N–H and O–H groups in total. The van der Waals surface area contributed by atoms with Crippen molar-refractivity contribution in [3.05, 3.63) is 41.4 Å². The van der Waals surface area contributed by atoms with Crippen molar-refractivity contribution in [1.29, 1.82) is 0 Å². The van der Waals surface area contributed by atoms with Crippen molar-refractivity contribution in [2.75, 3.05) is 12.8 Å². The van der Waals surface area contributed by atoms with E-state index in [0.29, 0.717) is 22.2 Å². The largest absolute Gasteiger partial charge is 0.497 e. The highest BCUT2D eigenvalue weighted by Crippen LogP contribution is 2.29. The first-order valence-corrected chi connectivity index (χ1v) is 6.04. The molecule has 0 bridgehead atoms. The van der Waals surface area contributed by atoms with Gasteiger partial charge in [-0.15, -0.1) is 0 Å². The van der Waals surface area contributed by atoms with Gasteiger partial charge in [0, 0.05) is 22.3 Å². The van der Waals surface area contributed by atoms with Crippen LogP contribution in [0.5, 0.6) is 5.75 Å². The molecule has 0 unspecified atom stereocenters. The van der Waals surface area contributed by atoms with Gasteiger partial charge in [0.15, 0.2) is 5.58 Å². The van der Waals surface area contributed by atoms with Crippen molar-refractivity contribution in [1.82, 2.24) is 4.98 Å². The van der Waals surface area contributed by atoms with E-state index in [0.717, 1.165) is 16.8 Å². The second-order valence-electron chi connectivity index (χ2n) is 4.13. The molecule has 5 heteroatoms. The summed E-state index contributed by atoms with van der Waals surface area (Å²) in [6.07, 6.45) is 0. The van der Waals surface area contributed by atoms with Gasteiger partial charge in [-0.1, -0.05) is 11.6 Å². The van der Waals surface area contributed by atoms with Crippen LogP contribution in [0.2, 0.25) is 5.02 Å². The standard InChI is InChI=1S/C14H11ClN2O2/c1-18-11-2-3-12-13(7-11)19-14(17-12)8-4-9(15)6-10(16)5-8/h2-7H,16H2,1H3. The van der Waals surface area contributed by atoms with Crippen LogP contribution >= 0.6 is 11.6 Å². The Labute approximate surface area is 114 Å². The summed E-state index contributed by atoms with van der Waals surface area (Å²) in [7, 11) is 1.61. The number of nitrogen functional groups attached to an aromatic ring is 1. The van der Waals surface area contributed by atoms with E-state index in [4.69, 9.17) is 26.5 Å². The summed E-state index contributed by atoms with van der Waals surface area (Å²) < 4.78 is 10.8. The molecule has 0 aliphatic rings. The minimum absolute atomic E-state index is 0.484. The molecule has 0 saturated heterocycles. The van der Waals surface area contributed by atoms with Gasteiger partial charge < -0.3 is 14.9 Å². The quantitative estimate of drug-likeness (QED) is 0.723. The third-order valence-corrected chi connectivity index (χ3v) is 2.98. The molecule has 3 rings (SSSR count). The maximum absolute atomic E-state index is 5.98. The van der Waals surface area contributed by atoms with Gasteiger partial charge in [-0.2, -0.15) is 0 Å². The molecule has 0 fully saturated rings. The average molecular weight is 275 g/mol. The molecular formula is C14H11ClN2O2. The Morgan fingerprint density at radius 2 is 2.05 bits per heavy atom. The highest BCUT2D eigenvalue weighted by Gasteiger charge is 2.10. The van der Waals surface area contributed by atoms with Crippen molar-refractivity contribution in [2.45, 2.75) is 0 Å². The van der Waals surface area contributed by atoms with Crippen LogP contribution in [0.3, 0.4) is 0 Å². The zero-order valence-corrected chi connectivity index (χ0v) is 10.9. The van der Waals surface area contributed by atoms with E-state index in [1.807, 2.05) is 12.1 Å². The van der Waals surface area contributed by atoms with E-state index in [1.54, 1.807) is 31.4 Å². The molecule has 0 saturated carbocycles. The van der Waals surface area contributed by atoms with Gasteiger partial charge in [0.1, 0.15) is 11.3 Å². The molecule has 0 aliphatic heterocycles. The molecule has 0 spiro atoms. The van der Waals surface area contributed by atoms with E-state index in [-0.39, 0.29) is 0 Å². The molecule has 0 atom stereocenters. The predicted molar refractivity (Wildman–Crippen MR) is 75.4 cm³/mol. The van der Waals surface area contributed by atoms with Gasteiger partial charge >= 0.3 is 0 Å². The van der Waals surface area contributed by atoms with Crippen LogP contribution in [0.4, 0.5) is 5.69 Å². The maximum Gasteiger partial charge on any atom is 0.227 e. The van der Waals surface area contributed by atoms with Crippen LogP contribution < -0.4 is 10.5 Å². The Balaban J connectivity index is 2.14. The summed E-state index contributed by atoms with van der Waals surface area (Å²) in [5.74, 6) is 1.21. The van der Waals surface area contributed by atoms with Gasteiger partial charge in [-0.25, -0.2) is 4.98 Å². The fourth-order valence-corrected chi connectivity index (χ4v) is 2.13. The Bertz CT molecular complexity index is 732. The monoisotopic (exact) mass is 274 g/mol. The van der Waals surface area contributed by atoms with Crippen molar-refractivity contribution in [2.24, 2.45) is 0 Å². The van der Waals surface area contributed by atoms with Gasteiger partial charge in [-0.3, -0.25) is 0 Å². The van der Waals surface area contributed by atoms with Crippen LogP contribution in [0.15, 0.2) is 40.8 Å². The number of hydrogen-bond acceptors (Lipinski definition) is 4. The summed E-state index contributed by atoms with van der Waals surface area (Å²) >= 11 is 5.98. The van der Waals surface area contributed by atoms with Crippen LogP contribution in [-0.2, 0) is 0 Å². The molecule has 0 radical (unpaired) electrons. The fraction of sp³-hybridized carbons (Fsp3) is 0.0714. The molecule has 96 valence electrons. The lowest BCUT2D eigenvalue weighted by atomic mass is 10.2. The number of nitrogens with two attached hydrogens (primary N) is 1. The van der Waals surface area contributed by atoms with Crippen molar-refractivity contribution in [3.8, 4) is 17.2 Å². The van der Waals surface area contributed by atoms with Gasteiger partial charge in [0.2, 0.25) is 5.89 Å². The number of ether oxygens (including phenoxy) is 1. The fourth-order valence-electron chi connectivity index (χ4n) is 1.89. The Morgan fingerprint density at radius 3 is 2.79 bits per heavy atom. The molecular weight excluding hydrogens is 264 g/mol. The SMILES string of the molecule is COc1ccc2nc(-c3cc(N)cc(Cl)c3)oc2c1. The summed E-state index contributed by atoms with van der Waals surface area (Å²) in [4.78, 5) is 4.40. The number of rotatable bonds is 2. The molecule has 2 aromatic carbocycles. The lowest BCUT2D eigenvalue weighted by Gasteiger charge is -1.99. The number of oxazole rings is 1. The molecule has 3 aromatic rings. The van der Waals surface area contributed by atoms with Crippen LogP contribution in [0.25, 0.3) is 22.6 Å². The van der Waals surface area contributed by atoms with Crippen LogP contribution in [0.1, 0.15) is 0 Å². The molecule has 19 heavy (non-hydrogen) atoms. The summed E-state index contributed by atoms with van der Waals surface area (Å²) in [5.41, 5.74) is 8.50. The van der Waals surface area contributed by atoms with Crippen molar-refractivity contribution >= 4 is 28.4 Å². The zero-order valence-electron chi connectivity index (χ0n) is 10.2. The maximum atomic E-state index is 5.98. The van der Waals surface area contributed by atoms with Crippen LogP contribution in [0, 0.1) is 0 Å². The molecule has 4 nitrogen and oxygen atoms in total. The number of benzene rings is 2. The average Bonchev–Trinajstić information content (AvgIpc) is 2.80. The predicted octanol–water partition coefficient (Wildman–Crippen LogP) is 3.74. The molecule has 1 aromatic heterocycles. The molecule has 0 aliphatic carbocycles. The van der Waals surface area contributed by atoms with Gasteiger partial charge in [0.25, 0.3) is 0 Å². The van der Waals surface area contributed by atoms with E-state index in [9.17, 15) is 0 Å². The number of aromatic nitrogens is 1. The lowest BCUT2D eigenvalue weighted by molar-refractivity contribution is 0.414. The molecule has 0 amide bonds. The Hall–Kier alpha value is -2.20. The van der Waals surface area contributed by atoms with Gasteiger partial charge in [0.05, 0.1) is 7.11 Å². The van der Waals surface area contributed by atoms with E-state index in [1.165, 1.54) is 0 Å². The normalized spacial score (nSPS) is 10.8. The third kappa shape index (κ3) is 2.22. The summed E-state index contributed by atoms with van der Waals surface area (Å²) in [6, 6.07) is 10.7. The zero-order chi connectivity index (χ0) is 13.4. The second kappa shape index (κ2) is 4.48. The van der Waals surface area contributed by atoms with Crippen molar-refractivity contribution in [3.63, 3.8) is 0 Å². The first kappa shape index (κ1) is 11.9. The van der Waals surface area contributed by atoms with E-state index < -0.39 is 0 Å². The number of methoxy groups -OCH3 is 1. The van der Waals surface area contributed by atoms with E-state index in [2.05, 4.69) is 4.98 Å². The number of halogens is 1. The topological polar surface area (TPSA) is 61.3 Å². The summed E-state index contributed by atoms with van der Waals surface area (Å²) in [5, 5.41) is 0.551. The molecule has 1 heterocycles. The Kier molecular flexibility index (Phi) is 2.80. The van der Waals surface area contributed by atoms with E-state index >= 15 is 0 Å². The minimum atomic E-state index is 0.484. The first-order valence-electron chi connectivity index (χ1n) is 5.67. The highest BCUT2D eigenvalue weighted by molar-refractivity contribution is 6.31.